The van der Waals surface area contributed by atoms with Crippen molar-refractivity contribution in [1.82, 2.24) is 4.90 Å². The molecule has 0 saturated carbocycles. The SMILES string of the molecule is Cc1ccc(N2CCN(CCC3OCCc4ccccc43)CC2)cc1. The number of rotatable bonds is 4. The first-order valence-corrected chi connectivity index (χ1v) is 9.53. The van der Waals surface area contributed by atoms with Crippen LogP contribution in [0.15, 0.2) is 48.5 Å². The van der Waals surface area contributed by atoms with Crippen LogP contribution in [0.5, 0.6) is 0 Å². The van der Waals surface area contributed by atoms with E-state index in [-0.39, 0.29) is 6.10 Å². The van der Waals surface area contributed by atoms with E-state index >= 15 is 0 Å². The molecule has 0 spiro atoms. The Morgan fingerprint density at radius 3 is 2.52 bits per heavy atom. The van der Waals surface area contributed by atoms with Gasteiger partial charge in [0.2, 0.25) is 0 Å². The van der Waals surface area contributed by atoms with Crippen molar-refractivity contribution in [2.75, 3.05) is 44.2 Å². The molecule has 3 nitrogen and oxygen atoms in total. The van der Waals surface area contributed by atoms with E-state index in [2.05, 4.69) is 65.3 Å². The first-order valence-electron chi connectivity index (χ1n) is 9.53. The molecule has 2 aliphatic heterocycles. The van der Waals surface area contributed by atoms with Gasteiger partial charge in [0.15, 0.2) is 0 Å². The summed E-state index contributed by atoms with van der Waals surface area (Å²) in [6.45, 7) is 8.65. The molecule has 0 aliphatic carbocycles. The van der Waals surface area contributed by atoms with Crippen LogP contribution in [-0.4, -0.2) is 44.2 Å². The van der Waals surface area contributed by atoms with Gasteiger partial charge >= 0.3 is 0 Å². The molecular weight excluding hydrogens is 308 g/mol. The number of benzene rings is 2. The van der Waals surface area contributed by atoms with Crippen molar-refractivity contribution in [2.45, 2.75) is 25.9 Å². The highest BCUT2D eigenvalue weighted by Crippen LogP contribution is 2.29. The Balaban J connectivity index is 1.29. The lowest BCUT2D eigenvalue weighted by atomic mass is 9.95. The Hall–Kier alpha value is -1.84. The lowest BCUT2D eigenvalue weighted by molar-refractivity contribution is 0.0289. The average Bonchev–Trinajstić information content (AvgIpc) is 2.67. The molecule has 0 N–H and O–H groups in total. The second kappa shape index (κ2) is 7.59. The zero-order valence-corrected chi connectivity index (χ0v) is 15.2. The zero-order chi connectivity index (χ0) is 17.1. The Bertz CT molecular complexity index is 689. The van der Waals surface area contributed by atoms with Crippen molar-refractivity contribution in [3.05, 3.63) is 65.2 Å². The van der Waals surface area contributed by atoms with Crippen molar-refractivity contribution in [3.8, 4) is 0 Å². The third-order valence-electron chi connectivity index (χ3n) is 5.57. The van der Waals surface area contributed by atoms with Crippen LogP contribution < -0.4 is 4.90 Å². The Labute approximate surface area is 151 Å². The molecule has 25 heavy (non-hydrogen) atoms. The summed E-state index contributed by atoms with van der Waals surface area (Å²) in [7, 11) is 0. The fraction of sp³-hybridized carbons (Fsp3) is 0.455. The van der Waals surface area contributed by atoms with E-state index < -0.39 is 0 Å². The van der Waals surface area contributed by atoms with Crippen LogP contribution in [-0.2, 0) is 11.2 Å². The summed E-state index contributed by atoms with van der Waals surface area (Å²) in [5.74, 6) is 0. The third kappa shape index (κ3) is 3.88. The number of nitrogens with zero attached hydrogens (tertiary/aromatic N) is 2. The van der Waals surface area contributed by atoms with Gasteiger partial charge < -0.3 is 9.64 Å². The number of ether oxygens (including phenoxy) is 1. The van der Waals surface area contributed by atoms with Gasteiger partial charge in [-0.2, -0.15) is 0 Å². The highest BCUT2D eigenvalue weighted by molar-refractivity contribution is 5.47. The second-order valence-electron chi connectivity index (χ2n) is 7.26. The van der Waals surface area contributed by atoms with Crippen LogP contribution in [0, 0.1) is 6.92 Å². The summed E-state index contributed by atoms with van der Waals surface area (Å²) in [5.41, 5.74) is 5.57. The van der Waals surface area contributed by atoms with Crippen molar-refractivity contribution < 1.29 is 4.74 Å². The van der Waals surface area contributed by atoms with Gasteiger partial charge in [0, 0.05) is 38.4 Å². The maximum Gasteiger partial charge on any atom is 0.0839 e. The summed E-state index contributed by atoms with van der Waals surface area (Å²) < 4.78 is 6.06. The van der Waals surface area contributed by atoms with E-state index in [0.29, 0.717) is 0 Å². The van der Waals surface area contributed by atoms with Gasteiger partial charge in [-0.25, -0.2) is 0 Å². The van der Waals surface area contributed by atoms with Gasteiger partial charge in [-0.05, 0) is 43.0 Å². The topological polar surface area (TPSA) is 15.7 Å². The summed E-state index contributed by atoms with van der Waals surface area (Å²) in [6.07, 6.45) is 2.43. The van der Waals surface area contributed by atoms with Gasteiger partial charge in [-0.15, -0.1) is 0 Å². The van der Waals surface area contributed by atoms with Crippen molar-refractivity contribution >= 4 is 5.69 Å². The Morgan fingerprint density at radius 1 is 0.960 bits per heavy atom. The lowest BCUT2D eigenvalue weighted by Crippen LogP contribution is -2.46. The molecule has 3 heteroatoms. The minimum Gasteiger partial charge on any atom is -0.373 e. The molecule has 1 unspecified atom stereocenters. The van der Waals surface area contributed by atoms with Gasteiger partial charge in [0.25, 0.3) is 0 Å². The van der Waals surface area contributed by atoms with E-state index in [1.807, 2.05) is 0 Å². The zero-order valence-electron chi connectivity index (χ0n) is 15.2. The van der Waals surface area contributed by atoms with E-state index in [4.69, 9.17) is 4.74 Å². The third-order valence-corrected chi connectivity index (χ3v) is 5.57. The molecule has 0 amide bonds. The maximum absolute atomic E-state index is 6.06. The van der Waals surface area contributed by atoms with E-state index in [1.54, 1.807) is 0 Å². The van der Waals surface area contributed by atoms with Crippen LogP contribution in [0.4, 0.5) is 5.69 Å². The molecule has 132 valence electrons. The first kappa shape index (κ1) is 16.6. The van der Waals surface area contributed by atoms with Gasteiger partial charge in [0.05, 0.1) is 12.7 Å². The standard InChI is InChI=1S/C22H28N2O/c1-18-6-8-20(9-7-18)24-15-13-23(14-16-24)12-10-22-21-5-3-2-4-19(21)11-17-25-22/h2-9,22H,10-17H2,1H3. The fourth-order valence-electron chi connectivity index (χ4n) is 4.00. The molecule has 1 fully saturated rings. The molecule has 2 heterocycles. The molecule has 2 aromatic carbocycles. The first-order chi connectivity index (χ1) is 12.3. The quantitative estimate of drug-likeness (QED) is 0.844. The number of hydrogen-bond acceptors (Lipinski definition) is 3. The lowest BCUT2D eigenvalue weighted by Gasteiger charge is -2.37. The normalized spacial score (nSPS) is 21.2. The smallest absolute Gasteiger partial charge is 0.0839 e. The van der Waals surface area contributed by atoms with Gasteiger partial charge in [0.1, 0.15) is 0 Å². The molecule has 0 aromatic heterocycles. The molecule has 2 aromatic rings. The van der Waals surface area contributed by atoms with Crippen LogP contribution in [0.25, 0.3) is 0 Å². The fourth-order valence-corrected chi connectivity index (χ4v) is 4.00. The van der Waals surface area contributed by atoms with E-state index in [1.165, 1.54) is 22.4 Å². The highest BCUT2D eigenvalue weighted by Gasteiger charge is 2.22. The second-order valence-corrected chi connectivity index (χ2v) is 7.26. The monoisotopic (exact) mass is 336 g/mol. The maximum atomic E-state index is 6.06. The number of piperazine rings is 1. The summed E-state index contributed by atoms with van der Waals surface area (Å²) in [6, 6.07) is 17.7. The van der Waals surface area contributed by atoms with Crippen LogP contribution in [0.3, 0.4) is 0 Å². The Morgan fingerprint density at radius 2 is 1.72 bits per heavy atom. The highest BCUT2D eigenvalue weighted by atomic mass is 16.5. The van der Waals surface area contributed by atoms with Gasteiger partial charge in [-0.3, -0.25) is 4.90 Å². The van der Waals surface area contributed by atoms with Gasteiger partial charge in [-0.1, -0.05) is 42.0 Å². The summed E-state index contributed by atoms with van der Waals surface area (Å²) in [5, 5.41) is 0. The Kier molecular flexibility index (Phi) is 5.04. The molecule has 0 bridgehead atoms. The minimum absolute atomic E-state index is 0.278. The molecular formula is C22H28N2O. The van der Waals surface area contributed by atoms with E-state index in [9.17, 15) is 0 Å². The molecule has 1 saturated heterocycles. The van der Waals surface area contributed by atoms with Crippen molar-refractivity contribution in [3.63, 3.8) is 0 Å². The molecule has 4 rings (SSSR count). The molecule has 0 radical (unpaired) electrons. The molecule has 2 aliphatic rings. The molecule has 1 atom stereocenters. The summed E-state index contributed by atoms with van der Waals surface area (Å²) >= 11 is 0. The van der Waals surface area contributed by atoms with Crippen LogP contribution >= 0.6 is 0 Å². The predicted molar refractivity (Wildman–Crippen MR) is 103 cm³/mol. The summed E-state index contributed by atoms with van der Waals surface area (Å²) in [4.78, 5) is 5.09. The van der Waals surface area contributed by atoms with Crippen molar-refractivity contribution in [2.24, 2.45) is 0 Å². The minimum atomic E-state index is 0.278. The van der Waals surface area contributed by atoms with E-state index in [0.717, 1.165) is 52.2 Å². The average molecular weight is 336 g/mol. The van der Waals surface area contributed by atoms with Crippen LogP contribution in [0.1, 0.15) is 29.2 Å². The number of hydrogen-bond donors (Lipinski definition) is 0. The predicted octanol–water partition coefficient (Wildman–Crippen LogP) is 3.82. The van der Waals surface area contributed by atoms with Crippen molar-refractivity contribution in [1.29, 1.82) is 0 Å². The largest absolute Gasteiger partial charge is 0.373 e. The number of anilines is 1. The number of aryl methyl sites for hydroxylation is 1. The number of fused-ring (bicyclic) bond motifs is 1. The van der Waals surface area contributed by atoms with Crippen LogP contribution in [0.2, 0.25) is 0 Å².